The van der Waals surface area contributed by atoms with E-state index in [0.717, 1.165) is 17.8 Å². The van der Waals surface area contributed by atoms with Crippen molar-refractivity contribution in [3.8, 4) is 0 Å². The van der Waals surface area contributed by atoms with E-state index in [1.807, 2.05) is 11.8 Å². The number of rotatable bonds is 1. The Morgan fingerprint density at radius 2 is 1.84 bits per heavy atom. The van der Waals surface area contributed by atoms with Gasteiger partial charge in [0.05, 0.1) is 4.88 Å². The topological polar surface area (TPSA) is 66.6 Å². The highest BCUT2D eigenvalue weighted by Gasteiger charge is 2.22. The lowest BCUT2D eigenvalue weighted by Gasteiger charge is -2.20. The second kappa shape index (κ2) is 5.61. The molecule has 0 radical (unpaired) electrons. The fraction of sp³-hybridized carbons (Fsp3) is 0.538. The van der Waals surface area contributed by atoms with Gasteiger partial charge < -0.3 is 15.5 Å². The van der Waals surface area contributed by atoms with E-state index in [0.29, 0.717) is 30.2 Å². The van der Waals surface area contributed by atoms with E-state index in [4.69, 9.17) is 5.73 Å². The molecule has 2 rings (SSSR count). The number of hydrogen-bond donors (Lipinski definition) is 1. The van der Waals surface area contributed by atoms with Gasteiger partial charge in [-0.15, -0.1) is 11.3 Å². The van der Waals surface area contributed by atoms with Crippen LogP contribution in [0.1, 0.15) is 27.9 Å². The first-order valence-corrected chi connectivity index (χ1v) is 7.21. The lowest BCUT2D eigenvalue weighted by atomic mass is 10.3. The molecule has 1 aliphatic rings. The second-order valence-electron chi connectivity index (χ2n) is 4.77. The Labute approximate surface area is 117 Å². The van der Waals surface area contributed by atoms with Crippen molar-refractivity contribution in [2.45, 2.75) is 20.3 Å². The molecule has 2 amide bonds. The normalized spacial score (nSPS) is 16.3. The molecule has 0 unspecified atom stereocenters. The molecule has 0 bridgehead atoms. The van der Waals surface area contributed by atoms with Gasteiger partial charge in [-0.2, -0.15) is 0 Å². The number of carbonyl (C=O) groups excluding carboxylic acids is 2. The maximum atomic E-state index is 12.4. The number of amides is 2. The summed E-state index contributed by atoms with van der Waals surface area (Å²) in [4.78, 5) is 29.0. The van der Waals surface area contributed by atoms with Gasteiger partial charge >= 0.3 is 0 Å². The first kappa shape index (κ1) is 13.9. The number of hydrogen-bond acceptors (Lipinski definition) is 4. The third kappa shape index (κ3) is 3.07. The summed E-state index contributed by atoms with van der Waals surface area (Å²) in [5.74, 6) is 0.0979. The predicted octanol–water partition coefficient (Wildman–Crippen LogP) is 1.33. The largest absolute Gasteiger partial charge is 0.398 e. The van der Waals surface area contributed by atoms with Gasteiger partial charge in [-0.25, -0.2) is 0 Å². The predicted molar refractivity (Wildman–Crippen MR) is 76.2 cm³/mol. The van der Waals surface area contributed by atoms with Crippen molar-refractivity contribution in [1.29, 1.82) is 0 Å². The van der Waals surface area contributed by atoms with Gasteiger partial charge in [0.1, 0.15) is 0 Å². The van der Waals surface area contributed by atoms with Gasteiger partial charge in [0.25, 0.3) is 5.91 Å². The molecule has 6 heteroatoms. The van der Waals surface area contributed by atoms with Crippen LogP contribution in [0.25, 0.3) is 0 Å². The Morgan fingerprint density at radius 1 is 1.21 bits per heavy atom. The highest BCUT2D eigenvalue weighted by molar-refractivity contribution is 7.14. The van der Waals surface area contributed by atoms with Crippen molar-refractivity contribution in [2.75, 3.05) is 31.9 Å². The van der Waals surface area contributed by atoms with E-state index in [9.17, 15) is 9.59 Å². The zero-order valence-corrected chi connectivity index (χ0v) is 12.1. The summed E-state index contributed by atoms with van der Waals surface area (Å²) in [5.41, 5.74) is 6.46. The van der Waals surface area contributed by atoms with Crippen LogP contribution < -0.4 is 5.73 Å². The van der Waals surface area contributed by atoms with Gasteiger partial charge in [-0.1, -0.05) is 0 Å². The zero-order valence-electron chi connectivity index (χ0n) is 11.3. The van der Waals surface area contributed by atoms with Crippen molar-refractivity contribution in [3.63, 3.8) is 0 Å². The van der Waals surface area contributed by atoms with E-state index in [1.165, 1.54) is 11.3 Å². The standard InChI is InChI=1S/C13H19N3O2S/c1-9-11(14)8-12(19-9)13(18)16-5-3-4-15(6-7-16)10(2)17/h8H,3-7,14H2,1-2H3. The summed E-state index contributed by atoms with van der Waals surface area (Å²) in [6.45, 7) is 6.11. The average molecular weight is 281 g/mol. The van der Waals surface area contributed by atoms with E-state index in [1.54, 1.807) is 17.9 Å². The Morgan fingerprint density at radius 3 is 2.42 bits per heavy atom. The smallest absolute Gasteiger partial charge is 0.264 e. The number of aryl methyl sites for hydroxylation is 1. The molecule has 0 atom stereocenters. The molecule has 1 aromatic rings. The summed E-state index contributed by atoms with van der Waals surface area (Å²) in [7, 11) is 0. The third-order valence-electron chi connectivity index (χ3n) is 3.40. The molecule has 0 aromatic carbocycles. The minimum atomic E-state index is 0.0233. The second-order valence-corrected chi connectivity index (χ2v) is 6.03. The summed E-state index contributed by atoms with van der Waals surface area (Å²) in [5, 5.41) is 0. The van der Waals surface area contributed by atoms with Crippen LogP contribution in [0.2, 0.25) is 0 Å². The minimum absolute atomic E-state index is 0.0233. The molecular weight excluding hydrogens is 262 g/mol. The van der Waals surface area contributed by atoms with Crippen molar-refractivity contribution in [1.82, 2.24) is 9.80 Å². The Kier molecular flexibility index (Phi) is 4.09. The van der Waals surface area contributed by atoms with Crippen LogP contribution >= 0.6 is 11.3 Å². The molecule has 0 saturated carbocycles. The van der Waals surface area contributed by atoms with Gasteiger partial charge in [0, 0.05) is 43.7 Å². The number of anilines is 1. The molecule has 2 heterocycles. The highest BCUT2D eigenvalue weighted by Crippen LogP contribution is 2.25. The quantitative estimate of drug-likeness (QED) is 0.844. The lowest BCUT2D eigenvalue weighted by Crippen LogP contribution is -2.36. The van der Waals surface area contributed by atoms with Crippen molar-refractivity contribution in [2.24, 2.45) is 0 Å². The molecule has 0 spiro atoms. The molecule has 5 nitrogen and oxygen atoms in total. The number of thiophene rings is 1. The molecule has 1 saturated heterocycles. The van der Waals surface area contributed by atoms with Gasteiger partial charge in [0.2, 0.25) is 5.91 Å². The van der Waals surface area contributed by atoms with Crippen LogP contribution in [-0.2, 0) is 4.79 Å². The highest BCUT2D eigenvalue weighted by atomic mass is 32.1. The van der Waals surface area contributed by atoms with E-state index < -0.39 is 0 Å². The average Bonchev–Trinajstić information content (AvgIpc) is 2.59. The van der Waals surface area contributed by atoms with Crippen molar-refractivity contribution >= 4 is 28.8 Å². The summed E-state index contributed by atoms with van der Waals surface area (Å²) < 4.78 is 0. The maximum absolute atomic E-state index is 12.4. The number of carbonyl (C=O) groups is 2. The van der Waals surface area contributed by atoms with Crippen LogP contribution in [0.5, 0.6) is 0 Å². The number of nitrogen functional groups attached to an aromatic ring is 1. The molecule has 19 heavy (non-hydrogen) atoms. The zero-order chi connectivity index (χ0) is 14.0. The van der Waals surface area contributed by atoms with E-state index >= 15 is 0 Å². The van der Waals surface area contributed by atoms with E-state index in [2.05, 4.69) is 0 Å². The summed E-state index contributed by atoms with van der Waals surface area (Å²) in [6, 6.07) is 1.75. The molecule has 2 N–H and O–H groups in total. The number of nitrogens with zero attached hydrogens (tertiary/aromatic N) is 2. The van der Waals surface area contributed by atoms with Crippen LogP contribution in [0.15, 0.2) is 6.07 Å². The molecule has 104 valence electrons. The van der Waals surface area contributed by atoms with Crippen molar-refractivity contribution in [3.05, 3.63) is 15.8 Å². The van der Waals surface area contributed by atoms with E-state index in [-0.39, 0.29) is 11.8 Å². The van der Waals surface area contributed by atoms with Gasteiger partial charge in [0.15, 0.2) is 0 Å². The Hall–Kier alpha value is -1.56. The van der Waals surface area contributed by atoms with Gasteiger partial charge in [-0.3, -0.25) is 9.59 Å². The third-order valence-corrected chi connectivity index (χ3v) is 4.45. The Balaban J connectivity index is 2.06. The van der Waals surface area contributed by atoms with Gasteiger partial charge in [-0.05, 0) is 19.4 Å². The molecule has 0 aliphatic carbocycles. The lowest BCUT2D eigenvalue weighted by molar-refractivity contribution is -0.128. The van der Waals surface area contributed by atoms with Crippen LogP contribution in [-0.4, -0.2) is 47.8 Å². The molecule has 1 aliphatic heterocycles. The molecular formula is C13H19N3O2S. The first-order chi connectivity index (χ1) is 8.99. The van der Waals surface area contributed by atoms with Crippen LogP contribution in [0.3, 0.4) is 0 Å². The first-order valence-electron chi connectivity index (χ1n) is 6.39. The monoisotopic (exact) mass is 281 g/mol. The summed E-state index contributed by atoms with van der Waals surface area (Å²) >= 11 is 1.43. The molecule has 1 aromatic heterocycles. The SMILES string of the molecule is CC(=O)N1CCCN(C(=O)c2cc(N)c(C)s2)CC1. The Bertz CT molecular complexity index is 479. The summed E-state index contributed by atoms with van der Waals surface area (Å²) in [6.07, 6.45) is 0.825. The van der Waals surface area contributed by atoms with Crippen LogP contribution in [0.4, 0.5) is 5.69 Å². The number of nitrogens with two attached hydrogens (primary N) is 1. The molecule has 1 fully saturated rings. The minimum Gasteiger partial charge on any atom is -0.398 e. The van der Waals surface area contributed by atoms with Crippen molar-refractivity contribution < 1.29 is 9.59 Å². The fourth-order valence-corrected chi connectivity index (χ4v) is 3.10. The maximum Gasteiger partial charge on any atom is 0.264 e. The van der Waals surface area contributed by atoms with Crippen LogP contribution in [0, 0.1) is 6.92 Å². The fourth-order valence-electron chi connectivity index (χ4n) is 2.19.